The quantitative estimate of drug-likeness (QED) is 0.591. The van der Waals surface area contributed by atoms with Gasteiger partial charge in [-0.3, -0.25) is 14.4 Å². The number of carboxylic acid groups (broad SMARTS) is 2. The van der Waals surface area contributed by atoms with E-state index in [0.717, 1.165) is 6.41 Å². The molecular formula is C7H13NO5. The highest BCUT2D eigenvalue weighted by Gasteiger charge is 2.00. The van der Waals surface area contributed by atoms with Crippen molar-refractivity contribution in [2.24, 2.45) is 0 Å². The standard InChI is InChI=1S/C4H6O4.C3H7NO/c5-3(6)1-2-4(7)8;1-4(2)3-5/h1-2H2,(H,5,6)(H,7,8);3H,1-2H3. The lowest BCUT2D eigenvalue weighted by atomic mass is 10.3. The van der Waals surface area contributed by atoms with Crippen molar-refractivity contribution in [3.63, 3.8) is 0 Å². The van der Waals surface area contributed by atoms with Crippen LogP contribution >= 0.6 is 0 Å². The van der Waals surface area contributed by atoms with Crippen LogP contribution in [0.3, 0.4) is 0 Å². The number of nitrogens with zero attached hydrogens (tertiary/aromatic N) is 1. The SMILES string of the molecule is CN(C)C=O.O=C(O)CCC(=O)O. The van der Waals surface area contributed by atoms with E-state index in [1.54, 1.807) is 14.1 Å². The van der Waals surface area contributed by atoms with Crippen LogP contribution in [0.5, 0.6) is 0 Å². The third kappa shape index (κ3) is 25.2. The summed E-state index contributed by atoms with van der Waals surface area (Å²) < 4.78 is 0. The van der Waals surface area contributed by atoms with Gasteiger partial charge in [-0.2, -0.15) is 0 Å². The second-order valence-corrected chi connectivity index (χ2v) is 2.36. The van der Waals surface area contributed by atoms with Crippen molar-refractivity contribution >= 4 is 18.3 Å². The molecule has 0 aromatic rings. The molecule has 0 unspecified atom stereocenters. The monoisotopic (exact) mass is 191 g/mol. The molecule has 76 valence electrons. The molecular weight excluding hydrogens is 178 g/mol. The summed E-state index contributed by atoms with van der Waals surface area (Å²) in [4.78, 5) is 30.2. The van der Waals surface area contributed by atoms with Crippen molar-refractivity contribution in [3.8, 4) is 0 Å². The number of amides is 1. The van der Waals surface area contributed by atoms with Gasteiger partial charge in [0.25, 0.3) is 0 Å². The number of carboxylic acids is 2. The molecule has 0 saturated heterocycles. The Morgan fingerprint density at radius 2 is 1.38 bits per heavy atom. The summed E-state index contributed by atoms with van der Waals surface area (Å²) in [6.45, 7) is 0. The third-order valence-corrected chi connectivity index (χ3v) is 0.764. The Morgan fingerprint density at radius 1 is 1.15 bits per heavy atom. The Kier molecular flexibility index (Phi) is 9.14. The Bertz CT molecular complexity index is 164. The van der Waals surface area contributed by atoms with Gasteiger partial charge in [-0.05, 0) is 0 Å². The summed E-state index contributed by atoms with van der Waals surface area (Å²) in [7, 11) is 3.38. The highest BCUT2D eigenvalue weighted by atomic mass is 16.4. The average molecular weight is 191 g/mol. The van der Waals surface area contributed by atoms with Crippen LogP contribution in [-0.2, 0) is 14.4 Å². The van der Waals surface area contributed by atoms with Crippen LogP contribution in [0.1, 0.15) is 12.8 Å². The number of carbonyl (C=O) groups excluding carboxylic acids is 1. The second kappa shape index (κ2) is 8.51. The van der Waals surface area contributed by atoms with E-state index in [1.807, 2.05) is 0 Å². The third-order valence-electron chi connectivity index (χ3n) is 0.764. The first-order valence-corrected chi connectivity index (χ1v) is 3.45. The van der Waals surface area contributed by atoms with Gasteiger partial charge in [-0.15, -0.1) is 0 Å². The first-order chi connectivity index (χ1) is 5.90. The molecule has 6 heteroatoms. The Hall–Kier alpha value is -1.59. The smallest absolute Gasteiger partial charge is 0.303 e. The molecule has 0 atom stereocenters. The minimum absolute atomic E-state index is 0.296. The van der Waals surface area contributed by atoms with Crippen LogP contribution in [0.25, 0.3) is 0 Å². The molecule has 0 spiro atoms. The Labute approximate surface area is 75.8 Å². The van der Waals surface area contributed by atoms with Gasteiger partial charge in [0.15, 0.2) is 0 Å². The molecule has 13 heavy (non-hydrogen) atoms. The minimum Gasteiger partial charge on any atom is -0.481 e. The lowest BCUT2D eigenvalue weighted by Gasteiger charge is -1.93. The molecule has 0 heterocycles. The van der Waals surface area contributed by atoms with Crippen LogP contribution in [0.15, 0.2) is 0 Å². The van der Waals surface area contributed by atoms with E-state index in [4.69, 9.17) is 10.2 Å². The molecule has 1 amide bonds. The van der Waals surface area contributed by atoms with Gasteiger partial charge in [-0.1, -0.05) is 0 Å². The fraction of sp³-hybridized carbons (Fsp3) is 0.571. The summed E-state index contributed by atoms with van der Waals surface area (Å²) in [5.41, 5.74) is 0. The highest BCUT2D eigenvalue weighted by molar-refractivity contribution is 5.75. The summed E-state index contributed by atoms with van der Waals surface area (Å²) in [6.07, 6.45) is 0.157. The first kappa shape index (κ1) is 14.0. The summed E-state index contributed by atoms with van der Waals surface area (Å²) in [6, 6.07) is 0. The van der Waals surface area contributed by atoms with Crippen LogP contribution in [0.4, 0.5) is 0 Å². The van der Waals surface area contributed by atoms with E-state index in [1.165, 1.54) is 4.90 Å². The molecule has 0 aliphatic rings. The van der Waals surface area contributed by atoms with Crippen molar-refractivity contribution < 1.29 is 24.6 Å². The predicted molar refractivity (Wildman–Crippen MR) is 44.3 cm³/mol. The molecule has 6 nitrogen and oxygen atoms in total. The fourth-order valence-corrected chi connectivity index (χ4v) is 0.214. The molecule has 0 bridgehead atoms. The van der Waals surface area contributed by atoms with Crippen molar-refractivity contribution in [2.45, 2.75) is 12.8 Å². The van der Waals surface area contributed by atoms with Crippen molar-refractivity contribution in [3.05, 3.63) is 0 Å². The summed E-state index contributed by atoms with van der Waals surface area (Å²) >= 11 is 0. The average Bonchev–Trinajstić information content (AvgIpc) is 2.02. The predicted octanol–water partition coefficient (Wildman–Crippen LogP) is -0.360. The molecule has 0 saturated carbocycles. The maximum absolute atomic E-state index is 9.64. The van der Waals surface area contributed by atoms with E-state index < -0.39 is 11.9 Å². The van der Waals surface area contributed by atoms with E-state index in [9.17, 15) is 14.4 Å². The largest absolute Gasteiger partial charge is 0.481 e. The number of carbonyl (C=O) groups is 3. The van der Waals surface area contributed by atoms with Crippen LogP contribution in [0.2, 0.25) is 0 Å². The molecule has 0 aliphatic carbocycles. The molecule has 0 radical (unpaired) electrons. The maximum Gasteiger partial charge on any atom is 0.303 e. The van der Waals surface area contributed by atoms with Crippen molar-refractivity contribution in [1.29, 1.82) is 0 Å². The van der Waals surface area contributed by atoms with Crippen molar-refractivity contribution in [2.75, 3.05) is 14.1 Å². The number of aliphatic carboxylic acids is 2. The molecule has 0 rings (SSSR count). The Morgan fingerprint density at radius 3 is 1.46 bits per heavy atom. The van der Waals surface area contributed by atoms with Gasteiger partial charge in [0.1, 0.15) is 0 Å². The van der Waals surface area contributed by atoms with Gasteiger partial charge >= 0.3 is 11.9 Å². The topological polar surface area (TPSA) is 94.9 Å². The molecule has 0 aliphatic heterocycles. The zero-order valence-electron chi connectivity index (χ0n) is 7.56. The first-order valence-electron chi connectivity index (χ1n) is 3.45. The maximum atomic E-state index is 9.64. The normalized spacial score (nSPS) is 7.85. The van der Waals surface area contributed by atoms with Crippen LogP contribution < -0.4 is 0 Å². The molecule has 2 N–H and O–H groups in total. The van der Waals surface area contributed by atoms with Crippen LogP contribution in [-0.4, -0.2) is 47.6 Å². The van der Waals surface area contributed by atoms with E-state index in [2.05, 4.69) is 0 Å². The van der Waals surface area contributed by atoms with E-state index in [-0.39, 0.29) is 12.8 Å². The lowest BCUT2D eigenvalue weighted by Crippen LogP contribution is -2.06. The van der Waals surface area contributed by atoms with Gasteiger partial charge < -0.3 is 15.1 Å². The summed E-state index contributed by atoms with van der Waals surface area (Å²) in [5, 5.41) is 15.8. The zero-order chi connectivity index (χ0) is 10.9. The molecule has 0 fully saturated rings. The highest BCUT2D eigenvalue weighted by Crippen LogP contribution is 1.86. The number of rotatable bonds is 4. The Balaban J connectivity index is 0. The van der Waals surface area contributed by atoms with Crippen molar-refractivity contribution in [1.82, 2.24) is 4.90 Å². The van der Waals surface area contributed by atoms with E-state index >= 15 is 0 Å². The van der Waals surface area contributed by atoms with Gasteiger partial charge in [0, 0.05) is 14.1 Å². The number of hydrogen-bond donors (Lipinski definition) is 2. The minimum atomic E-state index is -1.08. The second-order valence-electron chi connectivity index (χ2n) is 2.36. The molecule has 0 aromatic carbocycles. The fourth-order valence-electron chi connectivity index (χ4n) is 0.214. The van der Waals surface area contributed by atoms with Crippen LogP contribution in [0, 0.1) is 0 Å². The van der Waals surface area contributed by atoms with Gasteiger partial charge in [0.2, 0.25) is 6.41 Å². The number of hydrogen-bond acceptors (Lipinski definition) is 3. The lowest BCUT2D eigenvalue weighted by molar-refractivity contribution is -0.143. The molecule has 0 aromatic heterocycles. The van der Waals surface area contributed by atoms with Gasteiger partial charge in [-0.25, -0.2) is 0 Å². The van der Waals surface area contributed by atoms with E-state index in [0.29, 0.717) is 0 Å². The summed E-state index contributed by atoms with van der Waals surface area (Å²) in [5.74, 6) is -2.15. The zero-order valence-corrected chi connectivity index (χ0v) is 7.56. The van der Waals surface area contributed by atoms with Gasteiger partial charge in [0.05, 0.1) is 12.8 Å².